The molecule has 0 unspecified atom stereocenters. The molecular formula is C32H28NO2P. The molecule has 0 saturated carbocycles. The number of anilines is 2. The first kappa shape index (κ1) is 21.6. The normalized spacial score (nSPS) is 14.9. The van der Waals surface area contributed by atoms with Gasteiger partial charge in [0.2, 0.25) is 0 Å². The van der Waals surface area contributed by atoms with Crippen LogP contribution in [0.15, 0.2) is 93.3 Å². The van der Waals surface area contributed by atoms with E-state index in [1.807, 2.05) is 0 Å². The minimum Gasteiger partial charge on any atom is -0.403 e. The van der Waals surface area contributed by atoms with Gasteiger partial charge in [-0.1, -0.05) is 85.7 Å². The lowest BCUT2D eigenvalue weighted by Crippen LogP contribution is -2.07. The van der Waals surface area contributed by atoms with Gasteiger partial charge in [-0.25, -0.2) is 4.67 Å². The standard InChI is InChI=1S/C32H28NO2P/c1-2-4-14-26-16-10-20-30-32(26)31-25(13-3-1)15-9-19-29(31)34-36(35-30)33-27-17-7-5-11-23(27)21-22-24-12-6-8-18-28(24)33/h5-12,15-22H,1-4,13-14H2. The fourth-order valence-electron chi connectivity index (χ4n) is 5.67. The minimum absolute atomic E-state index is 0.928. The third-order valence-electron chi connectivity index (χ3n) is 7.41. The average molecular weight is 490 g/mol. The van der Waals surface area contributed by atoms with Crippen LogP contribution in [0.25, 0.3) is 34.1 Å². The maximum atomic E-state index is 6.93. The first-order chi connectivity index (χ1) is 17.9. The third kappa shape index (κ3) is 3.67. The number of nitrogens with zero attached hydrogens (tertiary/aromatic N) is 1. The van der Waals surface area contributed by atoms with Crippen molar-refractivity contribution < 1.29 is 8.39 Å². The van der Waals surface area contributed by atoms with E-state index in [4.69, 9.17) is 8.39 Å². The van der Waals surface area contributed by atoms with Gasteiger partial charge < -0.3 is 8.39 Å². The molecule has 3 nitrogen and oxygen atoms in total. The SMILES string of the molecule is C1=Cc2ccccc2N(p2oc3cccc4c3c3c(cccc3o2)CCCCCC4)c2ccccc21. The summed E-state index contributed by atoms with van der Waals surface area (Å²) in [6, 6.07) is 30.1. The first-order valence-corrected chi connectivity index (χ1v) is 14.1. The Hall–Kier alpha value is -3.68. The molecule has 0 atom stereocenters. The van der Waals surface area contributed by atoms with Crippen LogP contribution in [0.1, 0.15) is 47.9 Å². The minimum atomic E-state index is -1.51. The number of rotatable bonds is 1. The van der Waals surface area contributed by atoms with Crippen molar-refractivity contribution in [2.45, 2.75) is 38.5 Å². The molecular weight excluding hydrogens is 461 g/mol. The second-order valence-corrected chi connectivity index (χ2v) is 10.9. The molecule has 5 aromatic rings. The molecule has 4 aromatic carbocycles. The molecule has 1 aliphatic heterocycles. The summed E-state index contributed by atoms with van der Waals surface area (Å²) >= 11 is 0. The Morgan fingerprint density at radius 1 is 0.528 bits per heavy atom. The second-order valence-electron chi connectivity index (χ2n) is 9.68. The zero-order valence-corrected chi connectivity index (χ0v) is 21.1. The number of para-hydroxylation sites is 2. The zero-order chi connectivity index (χ0) is 23.9. The lowest BCUT2D eigenvalue weighted by atomic mass is 9.93. The van der Waals surface area contributed by atoms with E-state index in [0.29, 0.717) is 0 Å². The molecule has 2 aliphatic rings. The molecule has 0 saturated heterocycles. The van der Waals surface area contributed by atoms with Crippen LogP contribution in [0, 0.1) is 0 Å². The molecule has 2 heterocycles. The largest absolute Gasteiger partial charge is 0.403 e. The summed E-state index contributed by atoms with van der Waals surface area (Å²) in [5.41, 5.74) is 9.09. The molecule has 1 aromatic heterocycles. The Morgan fingerprint density at radius 2 is 1.03 bits per heavy atom. The van der Waals surface area contributed by atoms with Gasteiger partial charge >= 0.3 is 8.16 Å². The summed E-state index contributed by atoms with van der Waals surface area (Å²) in [7, 11) is -1.51. The van der Waals surface area contributed by atoms with Crippen molar-refractivity contribution in [3.05, 3.63) is 107 Å². The van der Waals surface area contributed by atoms with Crippen molar-refractivity contribution in [3.8, 4) is 0 Å². The quantitative estimate of drug-likeness (QED) is 0.230. The van der Waals surface area contributed by atoms with Gasteiger partial charge in [0.05, 0.1) is 11.4 Å². The Morgan fingerprint density at radius 3 is 1.56 bits per heavy atom. The van der Waals surface area contributed by atoms with E-state index in [-0.39, 0.29) is 0 Å². The zero-order valence-electron chi connectivity index (χ0n) is 20.2. The summed E-state index contributed by atoms with van der Waals surface area (Å²) < 4.78 is 16.1. The summed E-state index contributed by atoms with van der Waals surface area (Å²) in [6.07, 6.45) is 11.5. The van der Waals surface area contributed by atoms with E-state index in [9.17, 15) is 0 Å². The van der Waals surface area contributed by atoms with Crippen LogP contribution >= 0.6 is 8.16 Å². The van der Waals surface area contributed by atoms with Gasteiger partial charge in [0, 0.05) is 10.8 Å². The lowest BCUT2D eigenvalue weighted by Gasteiger charge is -2.23. The van der Waals surface area contributed by atoms with E-state index in [0.717, 1.165) is 46.5 Å². The van der Waals surface area contributed by atoms with Crippen molar-refractivity contribution in [2.24, 2.45) is 0 Å². The van der Waals surface area contributed by atoms with Crippen molar-refractivity contribution in [2.75, 3.05) is 4.67 Å². The van der Waals surface area contributed by atoms with Gasteiger partial charge in [-0.05, 0) is 72.2 Å². The van der Waals surface area contributed by atoms with Gasteiger partial charge in [0.1, 0.15) is 11.2 Å². The summed E-state index contributed by atoms with van der Waals surface area (Å²) in [5, 5.41) is 2.45. The van der Waals surface area contributed by atoms with Crippen LogP contribution in [-0.2, 0) is 12.8 Å². The van der Waals surface area contributed by atoms with E-state index in [2.05, 4.69) is 102 Å². The summed E-state index contributed by atoms with van der Waals surface area (Å²) in [4.78, 5) is 0. The monoisotopic (exact) mass is 489 g/mol. The highest BCUT2D eigenvalue weighted by atomic mass is 31.1. The number of fused-ring (bicyclic) bond motifs is 2. The van der Waals surface area contributed by atoms with Gasteiger partial charge in [0.15, 0.2) is 0 Å². The Labute approximate surface area is 212 Å². The Bertz CT molecular complexity index is 1550. The molecule has 0 fully saturated rings. The number of aryl methyl sites for hydroxylation is 2. The smallest absolute Gasteiger partial charge is 0.346 e. The van der Waals surface area contributed by atoms with Crippen molar-refractivity contribution >= 4 is 53.6 Å². The Balaban J connectivity index is 1.60. The highest BCUT2D eigenvalue weighted by Crippen LogP contribution is 2.50. The first-order valence-electron chi connectivity index (χ1n) is 12.9. The van der Waals surface area contributed by atoms with Gasteiger partial charge in [-0.15, -0.1) is 0 Å². The van der Waals surface area contributed by atoms with Gasteiger partial charge in [0.25, 0.3) is 0 Å². The fraction of sp³-hybridized carbons (Fsp3) is 0.188. The van der Waals surface area contributed by atoms with Gasteiger partial charge in [-0.3, -0.25) is 0 Å². The van der Waals surface area contributed by atoms with E-state index in [1.54, 1.807) is 0 Å². The molecule has 0 spiro atoms. The highest BCUT2D eigenvalue weighted by Gasteiger charge is 2.24. The summed E-state index contributed by atoms with van der Waals surface area (Å²) in [5.74, 6) is 0. The topological polar surface area (TPSA) is 29.5 Å². The number of hydrogen-bond acceptors (Lipinski definition) is 3. The van der Waals surface area contributed by atoms with E-state index >= 15 is 0 Å². The van der Waals surface area contributed by atoms with Crippen LogP contribution < -0.4 is 4.67 Å². The van der Waals surface area contributed by atoms with Crippen molar-refractivity contribution in [1.82, 2.24) is 0 Å². The van der Waals surface area contributed by atoms with Crippen LogP contribution in [0.2, 0.25) is 0 Å². The van der Waals surface area contributed by atoms with Crippen LogP contribution in [0.3, 0.4) is 0 Å². The van der Waals surface area contributed by atoms with Gasteiger partial charge in [-0.2, -0.15) is 0 Å². The van der Waals surface area contributed by atoms with Crippen LogP contribution in [0.5, 0.6) is 0 Å². The predicted molar refractivity (Wildman–Crippen MR) is 152 cm³/mol. The molecule has 7 rings (SSSR count). The Kier molecular flexibility index (Phi) is 5.44. The predicted octanol–water partition coefficient (Wildman–Crippen LogP) is 10.0. The molecule has 0 bridgehead atoms. The third-order valence-corrected chi connectivity index (χ3v) is 8.87. The van der Waals surface area contributed by atoms with Crippen molar-refractivity contribution in [1.29, 1.82) is 0 Å². The fourth-order valence-corrected chi connectivity index (χ4v) is 7.23. The second kappa shape index (κ2) is 9.08. The highest BCUT2D eigenvalue weighted by molar-refractivity contribution is 7.40. The molecule has 178 valence electrons. The number of benzene rings is 4. The average Bonchev–Trinajstić information content (AvgIpc) is 3.19. The van der Waals surface area contributed by atoms with Crippen LogP contribution in [0.4, 0.5) is 11.4 Å². The maximum absolute atomic E-state index is 6.93. The summed E-state index contributed by atoms with van der Waals surface area (Å²) in [6.45, 7) is 0. The maximum Gasteiger partial charge on any atom is 0.346 e. The van der Waals surface area contributed by atoms with Crippen LogP contribution in [-0.4, -0.2) is 0 Å². The molecule has 0 amide bonds. The molecule has 4 heteroatoms. The van der Waals surface area contributed by atoms with Crippen molar-refractivity contribution in [3.63, 3.8) is 0 Å². The molecule has 1 aliphatic carbocycles. The van der Waals surface area contributed by atoms with E-state index < -0.39 is 8.16 Å². The van der Waals surface area contributed by atoms with E-state index in [1.165, 1.54) is 47.6 Å². The lowest BCUT2D eigenvalue weighted by molar-refractivity contribution is 0.639. The molecule has 0 N–H and O–H groups in total. The molecule has 36 heavy (non-hydrogen) atoms. The molecule has 0 radical (unpaired) electrons. The number of hydrogen-bond donors (Lipinski definition) is 0.